The molecule has 1 heterocycles. The normalized spacial score (nSPS) is 9.12. The van der Waals surface area contributed by atoms with E-state index in [2.05, 4.69) is 6.07 Å². The Morgan fingerprint density at radius 2 is 2.50 bits per heavy atom. The highest BCUT2D eigenvalue weighted by molar-refractivity contribution is 4.83. The van der Waals surface area contributed by atoms with Crippen molar-refractivity contribution in [1.29, 1.82) is 0 Å². The second-order valence-electron chi connectivity index (χ2n) is 1.28. The second-order valence-corrected chi connectivity index (χ2v) is 1.28. The van der Waals surface area contributed by atoms with Crippen LogP contribution >= 0.6 is 0 Å². The molecule has 1 radical (unpaired) electrons. The second kappa shape index (κ2) is 1.78. The Kier molecular flexibility index (Phi) is 1.12. The molecular formula is C5H3FNO. The molecule has 0 aromatic carbocycles. The number of pyridine rings is 1. The molecule has 41 valence electrons. The van der Waals surface area contributed by atoms with E-state index < -0.39 is 5.95 Å². The minimum Gasteiger partial charge on any atom is -0.617 e. The molecule has 0 N–H and O–H groups in total. The van der Waals surface area contributed by atoms with Gasteiger partial charge in [-0.3, -0.25) is 0 Å². The lowest BCUT2D eigenvalue weighted by Gasteiger charge is -1.91. The molecule has 0 fully saturated rings. The summed E-state index contributed by atoms with van der Waals surface area (Å²) in [5.41, 5.74) is 0. The first-order chi connectivity index (χ1) is 3.80. The maximum absolute atomic E-state index is 11.9. The molecule has 0 saturated heterocycles. The summed E-state index contributed by atoms with van der Waals surface area (Å²) >= 11 is 0. The van der Waals surface area contributed by atoms with Crippen molar-refractivity contribution in [3.05, 3.63) is 35.6 Å². The van der Waals surface area contributed by atoms with E-state index in [1.54, 1.807) is 0 Å². The number of halogens is 1. The smallest absolute Gasteiger partial charge is 0.371 e. The molecular weight excluding hydrogens is 109 g/mol. The fourth-order valence-corrected chi connectivity index (χ4v) is 0.362. The third kappa shape index (κ3) is 0.753. The summed E-state index contributed by atoms with van der Waals surface area (Å²) in [4.78, 5) is 0. The van der Waals surface area contributed by atoms with E-state index in [0.29, 0.717) is 0 Å². The Labute approximate surface area is 45.8 Å². The van der Waals surface area contributed by atoms with Gasteiger partial charge in [-0.05, 0) is 6.07 Å². The standard InChI is InChI=1S/C5H3FNO/c6-5-3-1-2-4-7(5)8/h2-4H. The van der Waals surface area contributed by atoms with Crippen molar-refractivity contribution in [3.63, 3.8) is 0 Å². The Morgan fingerprint density at radius 1 is 1.75 bits per heavy atom. The van der Waals surface area contributed by atoms with Gasteiger partial charge in [-0.2, -0.15) is 0 Å². The summed E-state index contributed by atoms with van der Waals surface area (Å²) in [7, 11) is 0. The third-order valence-corrected chi connectivity index (χ3v) is 0.719. The van der Waals surface area contributed by atoms with Crippen LogP contribution in [-0.2, 0) is 0 Å². The highest BCUT2D eigenvalue weighted by Gasteiger charge is 1.95. The lowest BCUT2D eigenvalue weighted by molar-refractivity contribution is -0.637. The predicted molar refractivity (Wildman–Crippen MR) is 24.2 cm³/mol. The van der Waals surface area contributed by atoms with E-state index in [0.717, 1.165) is 12.3 Å². The van der Waals surface area contributed by atoms with Gasteiger partial charge in [0, 0.05) is 6.07 Å². The van der Waals surface area contributed by atoms with E-state index in [-0.39, 0.29) is 4.73 Å². The van der Waals surface area contributed by atoms with E-state index in [4.69, 9.17) is 0 Å². The summed E-state index contributed by atoms with van der Waals surface area (Å²) in [6.07, 6.45) is 1.05. The summed E-state index contributed by atoms with van der Waals surface area (Å²) in [6, 6.07) is 4.73. The molecule has 0 aliphatic rings. The summed E-state index contributed by atoms with van der Waals surface area (Å²) < 4.78 is 12.1. The molecule has 3 heteroatoms. The van der Waals surface area contributed by atoms with E-state index in [1.165, 1.54) is 6.07 Å². The Bertz CT molecular complexity index is 169. The van der Waals surface area contributed by atoms with Crippen LogP contribution in [0.1, 0.15) is 0 Å². The first-order valence-corrected chi connectivity index (χ1v) is 2.05. The van der Waals surface area contributed by atoms with Crippen molar-refractivity contribution in [2.24, 2.45) is 0 Å². The molecule has 0 aliphatic heterocycles. The SMILES string of the molecule is [O-][n+]1cc[c]cc1F. The fourth-order valence-electron chi connectivity index (χ4n) is 0.362. The molecule has 1 aromatic heterocycles. The van der Waals surface area contributed by atoms with Gasteiger partial charge in [0.1, 0.15) is 0 Å². The van der Waals surface area contributed by atoms with Crippen LogP contribution in [-0.4, -0.2) is 0 Å². The highest BCUT2D eigenvalue weighted by Crippen LogP contribution is 1.82. The molecule has 1 aromatic rings. The minimum atomic E-state index is -0.826. The van der Waals surface area contributed by atoms with Crippen LogP contribution in [0.3, 0.4) is 0 Å². The summed E-state index contributed by atoms with van der Waals surface area (Å²) in [5.74, 6) is -0.826. The zero-order valence-electron chi connectivity index (χ0n) is 3.97. The number of aromatic nitrogens is 1. The van der Waals surface area contributed by atoms with E-state index >= 15 is 0 Å². The first-order valence-electron chi connectivity index (χ1n) is 2.05. The van der Waals surface area contributed by atoms with Gasteiger partial charge in [-0.25, -0.2) is 0 Å². The Hall–Kier alpha value is -1.12. The van der Waals surface area contributed by atoms with Crippen LogP contribution in [0.25, 0.3) is 0 Å². The molecule has 2 nitrogen and oxygen atoms in total. The molecule has 0 spiro atoms. The maximum Gasteiger partial charge on any atom is 0.371 e. The van der Waals surface area contributed by atoms with Crippen molar-refractivity contribution in [2.75, 3.05) is 0 Å². The molecule has 0 saturated carbocycles. The third-order valence-electron chi connectivity index (χ3n) is 0.719. The lowest BCUT2D eigenvalue weighted by atomic mass is 10.5. The van der Waals surface area contributed by atoms with Crippen molar-refractivity contribution in [3.8, 4) is 0 Å². The van der Waals surface area contributed by atoms with Crippen LogP contribution in [0.4, 0.5) is 4.39 Å². The first kappa shape index (κ1) is 5.03. The zero-order chi connectivity index (χ0) is 5.98. The lowest BCUT2D eigenvalue weighted by Crippen LogP contribution is -2.29. The van der Waals surface area contributed by atoms with Crippen LogP contribution < -0.4 is 4.73 Å². The van der Waals surface area contributed by atoms with Crippen LogP contribution in [0.5, 0.6) is 0 Å². The Balaban J connectivity index is 3.13. The van der Waals surface area contributed by atoms with Crippen molar-refractivity contribution in [1.82, 2.24) is 0 Å². The molecule has 1 rings (SSSR count). The Morgan fingerprint density at radius 3 is 2.88 bits per heavy atom. The van der Waals surface area contributed by atoms with Crippen molar-refractivity contribution < 1.29 is 9.12 Å². The maximum atomic E-state index is 11.9. The number of rotatable bonds is 0. The molecule has 0 aliphatic carbocycles. The highest BCUT2D eigenvalue weighted by atomic mass is 19.1. The number of nitrogens with zero attached hydrogens (tertiary/aromatic N) is 1. The van der Waals surface area contributed by atoms with Gasteiger partial charge in [0.05, 0.1) is 6.07 Å². The van der Waals surface area contributed by atoms with Gasteiger partial charge in [0.25, 0.3) is 0 Å². The van der Waals surface area contributed by atoms with Crippen molar-refractivity contribution >= 4 is 0 Å². The van der Waals surface area contributed by atoms with E-state index in [1.807, 2.05) is 0 Å². The summed E-state index contributed by atoms with van der Waals surface area (Å²) in [5, 5.41) is 10.1. The number of hydrogen-bond acceptors (Lipinski definition) is 1. The molecule has 8 heavy (non-hydrogen) atoms. The van der Waals surface area contributed by atoms with Gasteiger partial charge >= 0.3 is 5.95 Å². The van der Waals surface area contributed by atoms with E-state index in [9.17, 15) is 9.60 Å². The van der Waals surface area contributed by atoms with Gasteiger partial charge in [0.15, 0.2) is 6.20 Å². The summed E-state index contributed by atoms with van der Waals surface area (Å²) in [6.45, 7) is 0. The quantitative estimate of drug-likeness (QED) is 0.268. The van der Waals surface area contributed by atoms with Gasteiger partial charge in [-0.1, -0.05) is 0 Å². The zero-order valence-corrected chi connectivity index (χ0v) is 3.97. The minimum absolute atomic E-state index is 0.135. The number of hydrogen-bond donors (Lipinski definition) is 0. The average Bonchev–Trinajstić information content (AvgIpc) is 1.77. The van der Waals surface area contributed by atoms with Gasteiger partial charge in [-0.15, -0.1) is 9.12 Å². The van der Waals surface area contributed by atoms with Crippen LogP contribution in [0.2, 0.25) is 0 Å². The molecule has 0 bridgehead atoms. The molecule has 0 atom stereocenters. The van der Waals surface area contributed by atoms with Gasteiger partial charge < -0.3 is 5.21 Å². The largest absolute Gasteiger partial charge is 0.617 e. The van der Waals surface area contributed by atoms with Crippen molar-refractivity contribution in [2.45, 2.75) is 0 Å². The molecule has 0 unspecified atom stereocenters. The topological polar surface area (TPSA) is 26.9 Å². The monoisotopic (exact) mass is 112 g/mol. The fraction of sp³-hybridized carbons (Fsp3) is 0. The van der Waals surface area contributed by atoms with Crippen LogP contribution in [0.15, 0.2) is 18.3 Å². The molecule has 0 amide bonds. The predicted octanol–water partition coefficient (Wildman–Crippen LogP) is 0.259. The average molecular weight is 112 g/mol. The van der Waals surface area contributed by atoms with Crippen LogP contribution in [0, 0.1) is 17.2 Å². The van der Waals surface area contributed by atoms with Gasteiger partial charge in [0.2, 0.25) is 0 Å².